The first-order chi connectivity index (χ1) is 12.7. The second kappa shape index (κ2) is 8.20. The van der Waals surface area contributed by atoms with Gasteiger partial charge in [0.15, 0.2) is 11.5 Å². The predicted octanol–water partition coefficient (Wildman–Crippen LogP) is 2.49. The van der Waals surface area contributed by atoms with E-state index in [2.05, 4.69) is 10.6 Å². The van der Waals surface area contributed by atoms with Crippen molar-refractivity contribution in [2.75, 3.05) is 13.3 Å². The van der Waals surface area contributed by atoms with Crippen molar-refractivity contribution in [3.8, 4) is 11.5 Å². The lowest BCUT2D eigenvalue weighted by Crippen LogP contribution is -2.23. The van der Waals surface area contributed by atoms with E-state index in [9.17, 15) is 9.59 Å². The van der Waals surface area contributed by atoms with Gasteiger partial charge in [0.05, 0.1) is 0 Å². The minimum Gasteiger partial charge on any atom is -0.454 e. The van der Waals surface area contributed by atoms with Crippen LogP contribution in [0.1, 0.15) is 28.4 Å². The summed E-state index contributed by atoms with van der Waals surface area (Å²) in [6, 6.07) is 12.7. The molecule has 134 valence electrons. The normalized spacial score (nSPS) is 12.2. The quantitative estimate of drug-likeness (QED) is 0.783. The van der Waals surface area contributed by atoms with Crippen LogP contribution in [0.15, 0.2) is 48.5 Å². The lowest BCUT2D eigenvalue weighted by Gasteiger charge is -2.06. The SMILES string of the molecule is CCNC(=O)c1cccc(CNC(=O)/C=C/c2ccc3c(c2)OCO3)c1. The summed E-state index contributed by atoms with van der Waals surface area (Å²) in [6.45, 7) is 3.01. The Morgan fingerprint density at radius 3 is 2.77 bits per heavy atom. The van der Waals surface area contributed by atoms with E-state index in [0.29, 0.717) is 30.2 Å². The number of carbonyl (C=O) groups excluding carboxylic acids is 2. The lowest BCUT2D eigenvalue weighted by molar-refractivity contribution is -0.116. The Morgan fingerprint density at radius 1 is 1.08 bits per heavy atom. The summed E-state index contributed by atoms with van der Waals surface area (Å²) >= 11 is 0. The van der Waals surface area contributed by atoms with Gasteiger partial charge in [-0.1, -0.05) is 18.2 Å². The maximum Gasteiger partial charge on any atom is 0.251 e. The zero-order chi connectivity index (χ0) is 18.4. The molecule has 26 heavy (non-hydrogen) atoms. The van der Waals surface area contributed by atoms with Gasteiger partial charge in [-0.25, -0.2) is 0 Å². The van der Waals surface area contributed by atoms with Crippen LogP contribution in [0.5, 0.6) is 11.5 Å². The molecule has 1 aliphatic heterocycles. The topological polar surface area (TPSA) is 76.7 Å². The fourth-order valence-electron chi connectivity index (χ4n) is 2.52. The summed E-state index contributed by atoms with van der Waals surface area (Å²) in [6.07, 6.45) is 3.17. The molecule has 1 heterocycles. The van der Waals surface area contributed by atoms with Crippen LogP contribution in [0.4, 0.5) is 0 Å². The van der Waals surface area contributed by atoms with Crippen LogP contribution < -0.4 is 20.1 Å². The van der Waals surface area contributed by atoms with Crippen LogP contribution in [0.2, 0.25) is 0 Å². The third-order valence-corrected chi connectivity index (χ3v) is 3.82. The van der Waals surface area contributed by atoms with Crippen LogP contribution >= 0.6 is 0 Å². The molecule has 2 aromatic carbocycles. The summed E-state index contributed by atoms with van der Waals surface area (Å²) in [5.74, 6) is 1.04. The highest BCUT2D eigenvalue weighted by molar-refractivity contribution is 5.94. The second-order valence-electron chi connectivity index (χ2n) is 5.72. The minimum atomic E-state index is -0.217. The van der Waals surface area contributed by atoms with Crippen LogP contribution in [-0.4, -0.2) is 25.2 Å². The molecule has 2 amide bonds. The summed E-state index contributed by atoms with van der Waals surface area (Å²) in [7, 11) is 0. The third kappa shape index (κ3) is 4.42. The molecule has 0 spiro atoms. The first-order valence-corrected chi connectivity index (χ1v) is 8.38. The Bertz CT molecular complexity index is 845. The van der Waals surface area contributed by atoms with E-state index < -0.39 is 0 Å². The van der Waals surface area contributed by atoms with Gasteiger partial charge in [-0.05, 0) is 48.4 Å². The smallest absolute Gasteiger partial charge is 0.251 e. The average molecular weight is 352 g/mol. The number of hydrogen-bond acceptors (Lipinski definition) is 4. The van der Waals surface area contributed by atoms with Gasteiger partial charge in [0, 0.05) is 24.7 Å². The van der Waals surface area contributed by atoms with Crippen molar-refractivity contribution in [1.82, 2.24) is 10.6 Å². The number of rotatable bonds is 6. The Labute approximate surface area is 151 Å². The molecule has 3 rings (SSSR count). The molecule has 2 aromatic rings. The van der Waals surface area contributed by atoms with Gasteiger partial charge in [-0.15, -0.1) is 0 Å². The summed E-state index contributed by atoms with van der Waals surface area (Å²) in [5, 5.41) is 5.56. The van der Waals surface area contributed by atoms with Crippen molar-refractivity contribution >= 4 is 17.9 Å². The van der Waals surface area contributed by atoms with Gasteiger partial charge < -0.3 is 20.1 Å². The minimum absolute atomic E-state index is 0.122. The highest BCUT2D eigenvalue weighted by Crippen LogP contribution is 2.32. The first-order valence-electron chi connectivity index (χ1n) is 8.38. The van der Waals surface area contributed by atoms with E-state index in [-0.39, 0.29) is 18.6 Å². The van der Waals surface area contributed by atoms with Crippen molar-refractivity contribution in [3.05, 3.63) is 65.2 Å². The van der Waals surface area contributed by atoms with Crippen LogP contribution in [0.25, 0.3) is 6.08 Å². The zero-order valence-corrected chi connectivity index (χ0v) is 14.5. The zero-order valence-electron chi connectivity index (χ0n) is 14.5. The van der Waals surface area contributed by atoms with Gasteiger partial charge in [0.25, 0.3) is 5.91 Å². The lowest BCUT2D eigenvalue weighted by atomic mass is 10.1. The van der Waals surface area contributed by atoms with Gasteiger partial charge >= 0.3 is 0 Å². The van der Waals surface area contributed by atoms with E-state index in [1.807, 2.05) is 31.2 Å². The van der Waals surface area contributed by atoms with Gasteiger partial charge in [0.1, 0.15) is 0 Å². The fraction of sp³-hybridized carbons (Fsp3) is 0.200. The predicted molar refractivity (Wildman–Crippen MR) is 97.9 cm³/mol. The van der Waals surface area contributed by atoms with E-state index in [0.717, 1.165) is 11.1 Å². The van der Waals surface area contributed by atoms with Crippen molar-refractivity contribution in [1.29, 1.82) is 0 Å². The maximum absolute atomic E-state index is 12.0. The summed E-state index contributed by atoms with van der Waals surface area (Å²) in [5.41, 5.74) is 2.29. The number of carbonyl (C=O) groups is 2. The van der Waals surface area contributed by atoms with Gasteiger partial charge in [0.2, 0.25) is 12.7 Å². The Kier molecular flexibility index (Phi) is 5.53. The number of ether oxygens (including phenoxy) is 2. The van der Waals surface area contributed by atoms with Crippen molar-refractivity contribution < 1.29 is 19.1 Å². The molecule has 0 aliphatic carbocycles. The maximum atomic E-state index is 12.0. The number of fused-ring (bicyclic) bond motifs is 1. The largest absolute Gasteiger partial charge is 0.454 e. The molecule has 0 radical (unpaired) electrons. The molecule has 0 saturated carbocycles. The Balaban J connectivity index is 1.55. The van der Waals surface area contributed by atoms with Gasteiger partial charge in [-0.2, -0.15) is 0 Å². The van der Waals surface area contributed by atoms with E-state index in [1.165, 1.54) is 6.08 Å². The molecule has 0 unspecified atom stereocenters. The summed E-state index contributed by atoms with van der Waals surface area (Å²) in [4.78, 5) is 23.9. The number of benzene rings is 2. The van der Waals surface area contributed by atoms with E-state index >= 15 is 0 Å². The molecule has 0 atom stereocenters. The molecule has 6 heteroatoms. The fourth-order valence-corrected chi connectivity index (χ4v) is 2.52. The number of amides is 2. The summed E-state index contributed by atoms with van der Waals surface area (Å²) < 4.78 is 10.6. The van der Waals surface area contributed by atoms with Crippen molar-refractivity contribution in [2.45, 2.75) is 13.5 Å². The van der Waals surface area contributed by atoms with Gasteiger partial charge in [-0.3, -0.25) is 9.59 Å². The standard InChI is InChI=1S/C20H20N2O4/c1-2-21-20(24)16-5-3-4-15(10-16)12-22-19(23)9-7-14-6-8-17-18(11-14)26-13-25-17/h3-11H,2,12-13H2,1H3,(H,21,24)(H,22,23)/b9-7+. The molecule has 2 N–H and O–H groups in total. The van der Waals surface area contributed by atoms with E-state index in [1.54, 1.807) is 24.3 Å². The Hall–Kier alpha value is -3.28. The molecular weight excluding hydrogens is 332 g/mol. The molecule has 6 nitrogen and oxygen atoms in total. The molecule has 0 saturated heterocycles. The second-order valence-corrected chi connectivity index (χ2v) is 5.72. The van der Waals surface area contributed by atoms with E-state index in [4.69, 9.17) is 9.47 Å². The van der Waals surface area contributed by atoms with Crippen LogP contribution in [0, 0.1) is 0 Å². The molecule has 0 bridgehead atoms. The van der Waals surface area contributed by atoms with Crippen LogP contribution in [0.3, 0.4) is 0 Å². The monoisotopic (exact) mass is 352 g/mol. The van der Waals surface area contributed by atoms with Crippen molar-refractivity contribution in [2.24, 2.45) is 0 Å². The van der Waals surface area contributed by atoms with Crippen LogP contribution in [-0.2, 0) is 11.3 Å². The number of hydrogen-bond donors (Lipinski definition) is 2. The average Bonchev–Trinajstić information content (AvgIpc) is 3.13. The Morgan fingerprint density at radius 2 is 1.92 bits per heavy atom. The molecule has 0 fully saturated rings. The molecule has 0 aromatic heterocycles. The van der Waals surface area contributed by atoms with Crippen molar-refractivity contribution in [3.63, 3.8) is 0 Å². The first kappa shape index (κ1) is 17.5. The molecule has 1 aliphatic rings. The third-order valence-electron chi connectivity index (χ3n) is 3.82. The highest BCUT2D eigenvalue weighted by Gasteiger charge is 2.12. The molecular formula is C20H20N2O4. The highest BCUT2D eigenvalue weighted by atomic mass is 16.7. The number of nitrogens with one attached hydrogen (secondary N) is 2.